The summed E-state index contributed by atoms with van der Waals surface area (Å²) in [6.45, 7) is 7.86. The van der Waals surface area contributed by atoms with Crippen LogP contribution in [0.5, 0.6) is 5.75 Å². The van der Waals surface area contributed by atoms with E-state index in [9.17, 15) is 5.11 Å². The number of phenolic OH excluding ortho intramolecular Hbond substituents is 1. The minimum atomic E-state index is 0.203. The molecule has 1 saturated heterocycles. The lowest BCUT2D eigenvalue weighted by Gasteiger charge is -2.33. The molecule has 21 heavy (non-hydrogen) atoms. The lowest BCUT2D eigenvalue weighted by atomic mass is 10.0. The van der Waals surface area contributed by atoms with Gasteiger partial charge in [0.05, 0.1) is 0 Å². The fraction of sp³-hybridized carbons (Fsp3) is 0.647. The molecule has 3 nitrogen and oxygen atoms in total. The summed E-state index contributed by atoms with van der Waals surface area (Å²) in [5.41, 5.74) is 0.984. The summed E-state index contributed by atoms with van der Waals surface area (Å²) < 4.78 is 1.01. The van der Waals surface area contributed by atoms with Crippen molar-refractivity contribution in [2.75, 3.05) is 19.6 Å². The van der Waals surface area contributed by atoms with E-state index >= 15 is 0 Å². The van der Waals surface area contributed by atoms with Crippen molar-refractivity contribution >= 4 is 15.9 Å². The lowest BCUT2D eigenvalue weighted by Crippen LogP contribution is -2.43. The number of hydrogen-bond acceptors (Lipinski definition) is 3. The second kappa shape index (κ2) is 8.16. The second-order valence-corrected chi connectivity index (χ2v) is 6.93. The van der Waals surface area contributed by atoms with Crippen molar-refractivity contribution in [3.63, 3.8) is 0 Å². The number of halogens is 1. The van der Waals surface area contributed by atoms with Gasteiger partial charge in [0.15, 0.2) is 0 Å². The van der Waals surface area contributed by atoms with E-state index in [-0.39, 0.29) is 6.04 Å². The Morgan fingerprint density at radius 1 is 1.29 bits per heavy atom. The van der Waals surface area contributed by atoms with Gasteiger partial charge in [-0.3, -0.25) is 4.90 Å². The van der Waals surface area contributed by atoms with Gasteiger partial charge in [0, 0.05) is 28.7 Å². The van der Waals surface area contributed by atoms with Gasteiger partial charge in [0.25, 0.3) is 0 Å². The predicted octanol–water partition coefficient (Wildman–Crippen LogP) is 4.07. The number of nitrogens with zero attached hydrogens (tertiary/aromatic N) is 1. The fourth-order valence-electron chi connectivity index (χ4n) is 3.08. The summed E-state index contributed by atoms with van der Waals surface area (Å²) in [6.07, 6.45) is 5.00. The molecule has 1 aromatic carbocycles. The molecule has 0 aliphatic carbocycles. The number of nitrogens with one attached hydrogen (secondary N) is 1. The molecule has 2 rings (SSSR count). The van der Waals surface area contributed by atoms with Crippen molar-refractivity contribution in [3.05, 3.63) is 28.2 Å². The van der Waals surface area contributed by atoms with Crippen LogP contribution >= 0.6 is 15.9 Å². The van der Waals surface area contributed by atoms with Crippen molar-refractivity contribution in [1.29, 1.82) is 0 Å². The zero-order chi connectivity index (χ0) is 15.2. The molecular weight excluding hydrogens is 328 g/mol. The summed E-state index contributed by atoms with van der Waals surface area (Å²) in [5, 5.41) is 13.7. The van der Waals surface area contributed by atoms with Crippen LogP contribution in [0, 0.1) is 0 Å². The van der Waals surface area contributed by atoms with E-state index in [0.29, 0.717) is 11.8 Å². The highest BCUT2D eigenvalue weighted by Gasteiger charge is 2.19. The molecule has 1 fully saturated rings. The first-order valence-corrected chi connectivity index (χ1v) is 8.87. The maximum Gasteiger partial charge on any atom is 0.120 e. The third kappa shape index (κ3) is 4.70. The topological polar surface area (TPSA) is 35.5 Å². The minimum absolute atomic E-state index is 0.203. The zero-order valence-electron chi connectivity index (χ0n) is 13.1. The van der Waals surface area contributed by atoms with Crippen LogP contribution < -0.4 is 5.32 Å². The van der Waals surface area contributed by atoms with E-state index in [1.807, 2.05) is 12.1 Å². The highest BCUT2D eigenvalue weighted by molar-refractivity contribution is 9.10. The fourth-order valence-corrected chi connectivity index (χ4v) is 3.46. The Morgan fingerprint density at radius 3 is 2.67 bits per heavy atom. The normalized spacial score (nSPS) is 19.4. The van der Waals surface area contributed by atoms with Gasteiger partial charge in [0.1, 0.15) is 5.75 Å². The van der Waals surface area contributed by atoms with Crippen molar-refractivity contribution in [2.45, 2.75) is 51.6 Å². The molecule has 1 heterocycles. The van der Waals surface area contributed by atoms with E-state index in [0.717, 1.165) is 23.0 Å². The standard InChI is InChI=1S/C17H27BrN2O/c1-3-16(15-11-14(18)7-8-17(15)21)19-12-13(2)20-9-5-4-6-10-20/h7-8,11,13,16,19,21H,3-6,9-10,12H2,1-2H3. The first kappa shape index (κ1) is 16.8. The Kier molecular flexibility index (Phi) is 6.52. The van der Waals surface area contributed by atoms with Crippen molar-refractivity contribution in [3.8, 4) is 5.75 Å². The Balaban J connectivity index is 1.94. The van der Waals surface area contributed by atoms with Gasteiger partial charge >= 0.3 is 0 Å². The van der Waals surface area contributed by atoms with E-state index in [2.05, 4.69) is 40.0 Å². The van der Waals surface area contributed by atoms with Crippen LogP contribution in [0.2, 0.25) is 0 Å². The molecule has 0 radical (unpaired) electrons. The number of piperidine rings is 1. The Bertz CT molecular complexity index is 446. The molecule has 0 aromatic heterocycles. The molecule has 2 unspecified atom stereocenters. The highest BCUT2D eigenvalue weighted by Crippen LogP contribution is 2.29. The molecule has 0 amide bonds. The van der Waals surface area contributed by atoms with Crippen LogP contribution in [-0.4, -0.2) is 35.7 Å². The lowest BCUT2D eigenvalue weighted by molar-refractivity contribution is 0.167. The van der Waals surface area contributed by atoms with Crippen LogP contribution in [-0.2, 0) is 0 Å². The van der Waals surface area contributed by atoms with E-state index < -0.39 is 0 Å². The molecule has 1 aliphatic heterocycles. The summed E-state index contributed by atoms with van der Waals surface area (Å²) in [5.74, 6) is 0.378. The van der Waals surface area contributed by atoms with Gasteiger partial charge in [-0.15, -0.1) is 0 Å². The first-order valence-electron chi connectivity index (χ1n) is 8.07. The van der Waals surface area contributed by atoms with Crippen LogP contribution in [0.15, 0.2) is 22.7 Å². The molecule has 0 bridgehead atoms. The molecule has 1 aliphatic rings. The van der Waals surface area contributed by atoms with Crippen molar-refractivity contribution in [1.82, 2.24) is 10.2 Å². The maximum absolute atomic E-state index is 10.1. The summed E-state index contributed by atoms with van der Waals surface area (Å²) in [4.78, 5) is 2.57. The van der Waals surface area contributed by atoms with Crippen molar-refractivity contribution < 1.29 is 5.11 Å². The molecule has 0 saturated carbocycles. The Hall–Kier alpha value is -0.580. The van der Waals surface area contributed by atoms with Crippen LogP contribution in [0.25, 0.3) is 0 Å². The average molecular weight is 355 g/mol. The van der Waals surface area contributed by atoms with E-state index in [1.165, 1.54) is 32.4 Å². The predicted molar refractivity (Wildman–Crippen MR) is 91.7 cm³/mol. The summed E-state index contributed by atoms with van der Waals surface area (Å²) in [6, 6.07) is 6.41. The maximum atomic E-state index is 10.1. The number of rotatable bonds is 6. The number of benzene rings is 1. The first-order chi connectivity index (χ1) is 10.1. The van der Waals surface area contributed by atoms with Gasteiger partial charge in [-0.1, -0.05) is 29.3 Å². The second-order valence-electron chi connectivity index (χ2n) is 6.02. The van der Waals surface area contributed by atoms with Gasteiger partial charge in [0.2, 0.25) is 0 Å². The average Bonchev–Trinajstić information content (AvgIpc) is 2.51. The number of aromatic hydroxyl groups is 1. The third-order valence-corrected chi connectivity index (χ3v) is 4.94. The minimum Gasteiger partial charge on any atom is -0.508 e. The quantitative estimate of drug-likeness (QED) is 0.808. The van der Waals surface area contributed by atoms with E-state index in [4.69, 9.17) is 0 Å². The number of hydrogen-bond donors (Lipinski definition) is 2. The molecule has 2 atom stereocenters. The third-order valence-electron chi connectivity index (χ3n) is 4.45. The molecule has 1 aromatic rings. The van der Waals surface area contributed by atoms with Crippen LogP contribution in [0.1, 0.15) is 51.1 Å². The number of likely N-dealkylation sites (tertiary alicyclic amines) is 1. The Labute approximate surface area is 136 Å². The van der Waals surface area contributed by atoms with E-state index in [1.54, 1.807) is 6.07 Å². The Morgan fingerprint density at radius 2 is 2.00 bits per heavy atom. The molecule has 0 spiro atoms. The molecule has 2 N–H and O–H groups in total. The summed E-state index contributed by atoms with van der Waals surface area (Å²) in [7, 11) is 0. The summed E-state index contributed by atoms with van der Waals surface area (Å²) >= 11 is 3.49. The zero-order valence-corrected chi connectivity index (χ0v) is 14.7. The molecule has 118 valence electrons. The van der Waals surface area contributed by atoms with Crippen molar-refractivity contribution in [2.24, 2.45) is 0 Å². The van der Waals surface area contributed by atoms with Crippen LogP contribution in [0.4, 0.5) is 0 Å². The number of phenols is 1. The highest BCUT2D eigenvalue weighted by atomic mass is 79.9. The molecular formula is C17H27BrN2O. The van der Waals surface area contributed by atoms with Gasteiger partial charge < -0.3 is 10.4 Å². The smallest absolute Gasteiger partial charge is 0.120 e. The van der Waals surface area contributed by atoms with Crippen LogP contribution in [0.3, 0.4) is 0 Å². The largest absolute Gasteiger partial charge is 0.508 e. The van der Waals surface area contributed by atoms with Gasteiger partial charge in [-0.25, -0.2) is 0 Å². The van der Waals surface area contributed by atoms with Gasteiger partial charge in [-0.2, -0.15) is 0 Å². The SMILES string of the molecule is CCC(NCC(C)N1CCCCC1)c1cc(Br)ccc1O. The monoisotopic (exact) mass is 354 g/mol. The molecule has 4 heteroatoms. The van der Waals surface area contributed by atoms with Gasteiger partial charge in [-0.05, 0) is 57.5 Å².